The van der Waals surface area contributed by atoms with E-state index in [1.54, 1.807) is 4.31 Å². The van der Waals surface area contributed by atoms with E-state index in [0.29, 0.717) is 64.3 Å². The molecule has 3 N–H and O–H groups in total. The number of sulfonamides is 1. The molecule has 0 bridgehead atoms. The van der Waals surface area contributed by atoms with Gasteiger partial charge in [-0.05, 0) is 74.3 Å². The molecule has 3 fully saturated rings. The summed E-state index contributed by atoms with van der Waals surface area (Å²) in [5.74, 6) is -0.267. The highest BCUT2D eigenvalue weighted by molar-refractivity contribution is 7.88. The predicted molar refractivity (Wildman–Crippen MR) is 183 cm³/mol. The maximum absolute atomic E-state index is 14.1. The van der Waals surface area contributed by atoms with Crippen molar-refractivity contribution in [3.8, 4) is 0 Å². The quantitative estimate of drug-likeness (QED) is 0.379. The molecular weight excluding hydrogens is 600 g/mol. The number of nitrogens with one attached hydrogen (secondary N) is 1. The average Bonchev–Trinajstić information content (AvgIpc) is 3.05. The average molecular weight is 653 g/mol. The first-order valence-corrected chi connectivity index (χ1v) is 18.7. The van der Waals surface area contributed by atoms with Crippen molar-refractivity contribution in [1.82, 2.24) is 24.3 Å². The van der Waals surface area contributed by atoms with E-state index in [-0.39, 0.29) is 18.2 Å². The van der Waals surface area contributed by atoms with E-state index in [2.05, 4.69) is 42.3 Å². The number of hydrogen-bond acceptors (Lipinski definition) is 7. The Morgan fingerprint density at radius 2 is 1.52 bits per heavy atom. The third kappa shape index (κ3) is 8.87. The summed E-state index contributed by atoms with van der Waals surface area (Å²) in [7, 11) is -3.16. The summed E-state index contributed by atoms with van der Waals surface area (Å²) in [5.41, 5.74) is 11.5. The molecule has 3 aliphatic heterocycles. The Hall–Kier alpha value is -2.99. The van der Waals surface area contributed by atoms with E-state index >= 15 is 0 Å². The summed E-state index contributed by atoms with van der Waals surface area (Å²) in [6.45, 7) is 10.1. The van der Waals surface area contributed by atoms with Crippen molar-refractivity contribution in [1.29, 1.82) is 0 Å². The standard InChI is InChI=1S/C35H52N6O4S/c1-26-8-9-28(22-27(26)2)23-30(24-34(42)39-14-10-31(11-15-39)37-25-29-6-4-5-7-33(29)36)35(43)40-16-12-32(13-17-40)38-18-20-41(21-19-38)46(3,44)45/h4-9,22,30-32,37H,10-21,23-25,36H2,1-3H3. The number of piperazine rings is 1. The van der Waals surface area contributed by atoms with Gasteiger partial charge in [0.05, 0.1) is 12.2 Å². The van der Waals surface area contributed by atoms with E-state index in [1.807, 2.05) is 34.1 Å². The number of piperidine rings is 2. The molecule has 10 nitrogen and oxygen atoms in total. The van der Waals surface area contributed by atoms with Crippen LogP contribution < -0.4 is 11.1 Å². The van der Waals surface area contributed by atoms with E-state index < -0.39 is 15.9 Å². The molecule has 46 heavy (non-hydrogen) atoms. The van der Waals surface area contributed by atoms with Gasteiger partial charge in [-0.1, -0.05) is 36.4 Å². The van der Waals surface area contributed by atoms with Gasteiger partial charge in [-0.15, -0.1) is 0 Å². The van der Waals surface area contributed by atoms with Crippen molar-refractivity contribution in [2.45, 2.75) is 71.0 Å². The molecule has 0 aliphatic carbocycles. The number of carbonyl (C=O) groups is 2. The lowest BCUT2D eigenvalue weighted by Gasteiger charge is -2.42. The number of likely N-dealkylation sites (tertiary alicyclic amines) is 2. The molecule has 2 aromatic rings. The number of nitrogens with zero attached hydrogens (tertiary/aromatic N) is 4. The zero-order valence-corrected chi connectivity index (χ0v) is 28.6. The van der Waals surface area contributed by atoms with Crippen LogP contribution >= 0.6 is 0 Å². The number of nitrogens with two attached hydrogens (primary N) is 1. The summed E-state index contributed by atoms with van der Waals surface area (Å²) in [4.78, 5) is 34.0. The Bertz CT molecular complexity index is 1460. The maximum atomic E-state index is 14.1. The van der Waals surface area contributed by atoms with Crippen LogP contribution in [0.5, 0.6) is 0 Å². The number of nitrogen functional groups attached to an aromatic ring is 1. The molecule has 0 spiro atoms. The minimum Gasteiger partial charge on any atom is -0.398 e. The Balaban J connectivity index is 1.16. The molecular formula is C35H52N6O4S. The minimum atomic E-state index is -3.16. The first kappa shape index (κ1) is 34.3. The Morgan fingerprint density at radius 3 is 2.15 bits per heavy atom. The number of carbonyl (C=O) groups excluding carboxylic acids is 2. The van der Waals surface area contributed by atoms with Gasteiger partial charge in [0.15, 0.2) is 0 Å². The summed E-state index contributed by atoms with van der Waals surface area (Å²) in [6.07, 6.45) is 5.52. The second-order valence-corrected chi connectivity index (χ2v) is 15.5. The molecule has 11 heteroatoms. The molecule has 2 aromatic carbocycles. The summed E-state index contributed by atoms with van der Waals surface area (Å²) >= 11 is 0. The number of hydrogen-bond donors (Lipinski definition) is 2. The van der Waals surface area contributed by atoms with E-state index in [0.717, 1.165) is 55.6 Å². The van der Waals surface area contributed by atoms with Crippen molar-refractivity contribution in [2.75, 3.05) is 64.3 Å². The van der Waals surface area contributed by atoms with Crippen LogP contribution in [0.2, 0.25) is 0 Å². The second-order valence-electron chi connectivity index (χ2n) is 13.5. The first-order chi connectivity index (χ1) is 22.0. The molecule has 3 saturated heterocycles. The number of para-hydroxylation sites is 1. The van der Waals surface area contributed by atoms with Crippen LogP contribution in [0.4, 0.5) is 5.69 Å². The topological polar surface area (TPSA) is 119 Å². The van der Waals surface area contributed by atoms with Crippen molar-refractivity contribution in [3.05, 3.63) is 64.7 Å². The number of benzene rings is 2. The third-order valence-corrected chi connectivity index (χ3v) is 11.6. The van der Waals surface area contributed by atoms with Crippen molar-refractivity contribution >= 4 is 27.5 Å². The van der Waals surface area contributed by atoms with Gasteiger partial charge in [0.2, 0.25) is 21.8 Å². The van der Waals surface area contributed by atoms with Crippen LogP contribution in [0.1, 0.15) is 54.4 Å². The van der Waals surface area contributed by atoms with Crippen LogP contribution in [0.3, 0.4) is 0 Å². The van der Waals surface area contributed by atoms with Gasteiger partial charge in [0, 0.05) is 83.1 Å². The first-order valence-electron chi connectivity index (χ1n) is 16.9. The third-order valence-electron chi connectivity index (χ3n) is 10.3. The molecule has 0 radical (unpaired) electrons. The molecule has 5 rings (SSSR count). The van der Waals surface area contributed by atoms with E-state index in [1.165, 1.54) is 17.4 Å². The van der Waals surface area contributed by atoms with Gasteiger partial charge in [-0.25, -0.2) is 8.42 Å². The van der Waals surface area contributed by atoms with Gasteiger partial charge in [-0.3, -0.25) is 14.5 Å². The zero-order chi connectivity index (χ0) is 32.8. The van der Waals surface area contributed by atoms with Gasteiger partial charge >= 0.3 is 0 Å². The van der Waals surface area contributed by atoms with Gasteiger partial charge in [-0.2, -0.15) is 4.31 Å². The molecule has 3 aliphatic rings. The van der Waals surface area contributed by atoms with Crippen molar-refractivity contribution < 1.29 is 18.0 Å². The number of anilines is 1. The molecule has 3 heterocycles. The second kappa shape index (κ2) is 15.3. The fourth-order valence-electron chi connectivity index (χ4n) is 7.19. The van der Waals surface area contributed by atoms with Crippen LogP contribution in [0.15, 0.2) is 42.5 Å². The van der Waals surface area contributed by atoms with Crippen LogP contribution in [0, 0.1) is 19.8 Å². The Morgan fingerprint density at radius 1 is 0.870 bits per heavy atom. The highest BCUT2D eigenvalue weighted by atomic mass is 32.2. The monoisotopic (exact) mass is 652 g/mol. The largest absolute Gasteiger partial charge is 0.398 e. The van der Waals surface area contributed by atoms with Crippen molar-refractivity contribution in [3.63, 3.8) is 0 Å². The highest BCUT2D eigenvalue weighted by Crippen LogP contribution is 2.25. The van der Waals surface area contributed by atoms with Crippen LogP contribution in [-0.4, -0.2) is 110 Å². The lowest BCUT2D eigenvalue weighted by atomic mass is 9.91. The number of amides is 2. The summed E-state index contributed by atoms with van der Waals surface area (Å²) in [5, 5.41) is 3.61. The van der Waals surface area contributed by atoms with Gasteiger partial charge in [0.25, 0.3) is 0 Å². The highest BCUT2D eigenvalue weighted by Gasteiger charge is 2.35. The SMILES string of the molecule is Cc1ccc(CC(CC(=O)N2CCC(NCc3ccccc3N)CC2)C(=O)N2CCC(N3CCN(S(C)(=O)=O)CC3)CC2)cc1C. The number of aryl methyl sites for hydroxylation is 2. The van der Waals surface area contributed by atoms with E-state index in [9.17, 15) is 18.0 Å². The van der Waals surface area contributed by atoms with Crippen LogP contribution in [0.25, 0.3) is 0 Å². The Kier molecular flexibility index (Phi) is 11.4. The smallest absolute Gasteiger partial charge is 0.226 e. The fraction of sp³-hybridized carbons (Fsp3) is 0.600. The predicted octanol–water partition coefficient (Wildman–Crippen LogP) is 2.78. The van der Waals surface area contributed by atoms with Crippen LogP contribution in [-0.2, 0) is 32.6 Å². The maximum Gasteiger partial charge on any atom is 0.226 e. The molecule has 1 unspecified atom stereocenters. The molecule has 252 valence electrons. The lowest BCUT2D eigenvalue weighted by molar-refractivity contribution is -0.143. The molecule has 0 aromatic heterocycles. The number of rotatable bonds is 10. The molecule has 2 amide bonds. The lowest BCUT2D eigenvalue weighted by Crippen LogP contribution is -2.55. The molecule has 0 saturated carbocycles. The fourth-order valence-corrected chi connectivity index (χ4v) is 8.02. The Labute approximate surface area is 275 Å². The molecule has 1 atom stereocenters. The normalized spacial score (nSPS) is 20.2. The van der Waals surface area contributed by atoms with E-state index in [4.69, 9.17) is 5.73 Å². The zero-order valence-electron chi connectivity index (χ0n) is 27.8. The van der Waals surface area contributed by atoms with Crippen molar-refractivity contribution in [2.24, 2.45) is 5.92 Å². The summed E-state index contributed by atoms with van der Waals surface area (Å²) in [6, 6.07) is 14.9. The summed E-state index contributed by atoms with van der Waals surface area (Å²) < 4.78 is 25.4. The van der Waals surface area contributed by atoms with Gasteiger partial charge in [0.1, 0.15) is 0 Å². The van der Waals surface area contributed by atoms with Gasteiger partial charge < -0.3 is 20.9 Å². The minimum absolute atomic E-state index is 0.0616.